The molecule has 0 saturated carbocycles. The number of hydrogen-bond acceptors (Lipinski definition) is 3. The van der Waals surface area contributed by atoms with Gasteiger partial charge in [0.05, 0.1) is 5.92 Å². The first kappa shape index (κ1) is 25.9. The van der Waals surface area contributed by atoms with E-state index in [0.717, 1.165) is 22.3 Å². The lowest BCUT2D eigenvalue weighted by Gasteiger charge is -2.41. The van der Waals surface area contributed by atoms with Gasteiger partial charge < -0.3 is 15.1 Å². The molecular formula is C33H31N3O3. The second kappa shape index (κ2) is 12.2. The molecule has 1 aliphatic heterocycles. The number of piperazine rings is 1. The summed E-state index contributed by atoms with van der Waals surface area (Å²) in [5.41, 5.74) is 3.52. The van der Waals surface area contributed by atoms with Crippen molar-refractivity contribution in [3.05, 3.63) is 144 Å². The molecule has 1 unspecified atom stereocenters. The highest BCUT2D eigenvalue weighted by atomic mass is 16.2. The predicted octanol–water partition coefficient (Wildman–Crippen LogP) is 4.37. The Bertz CT molecular complexity index is 1360. The first-order chi connectivity index (χ1) is 19.1. The molecule has 0 spiro atoms. The van der Waals surface area contributed by atoms with Crippen LogP contribution in [0.25, 0.3) is 0 Å². The lowest BCUT2D eigenvalue weighted by atomic mass is 9.89. The molecular weight excluding hydrogens is 486 g/mol. The van der Waals surface area contributed by atoms with Crippen molar-refractivity contribution in [3.8, 4) is 0 Å². The zero-order valence-electron chi connectivity index (χ0n) is 21.6. The van der Waals surface area contributed by atoms with Gasteiger partial charge >= 0.3 is 0 Å². The summed E-state index contributed by atoms with van der Waals surface area (Å²) >= 11 is 0. The minimum Gasteiger partial charge on any atom is -0.350 e. The van der Waals surface area contributed by atoms with Crippen LogP contribution in [-0.2, 0) is 27.5 Å². The third kappa shape index (κ3) is 6.07. The number of hydrogen-bond donors (Lipinski definition) is 1. The van der Waals surface area contributed by atoms with E-state index in [2.05, 4.69) is 5.32 Å². The Kier molecular flexibility index (Phi) is 8.12. The minimum absolute atomic E-state index is 0.261. The van der Waals surface area contributed by atoms with Gasteiger partial charge in [-0.15, -0.1) is 0 Å². The first-order valence-electron chi connectivity index (χ1n) is 13.2. The van der Waals surface area contributed by atoms with Gasteiger partial charge in [0, 0.05) is 26.2 Å². The summed E-state index contributed by atoms with van der Waals surface area (Å²) in [6.45, 7) is 1.26. The van der Waals surface area contributed by atoms with Crippen LogP contribution < -0.4 is 5.32 Å². The minimum atomic E-state index is -1.26. The number of benzene rings is 4. The Morgan fingerprint density at radius 1 is 0.692 bits per heavy atom. The molecule has 0 bridgehead atoms. The molecule has 1 fully saturated rings. The number of nitrogens with one attached hydrogen (secondary N) is 1. The largest absolute Gasteiger partial charge is 0.350 e. The predicted molar refractivity (Wildman–Crippen MR) is 150 cm³/mol. The van der Waals surface area contributed by atoms with Crippen molar-refractivity contribution in [1.29, 1.82) is 0 Å². The van der Waals surface area contributed by atoms with Gasteiger partial charge in [-0.05, 0) is 22.3 Å². The summed E-state index contributed by atoms with van der Waals surface area (Å²) in [6, 6.07) is 37.0. The van der Waals surface area contributed by atoms with E-state index in [1.807, 2.05) is 121 Å². The van der Waals surface area contributed by atoms with Crippen molar-refractivity contribution in [3.63, 3.8) is 0 Å². The van der Waals surface area contributed by atoms with Crippen molar-refractivity contribution in [2.75, 3.05) is 13.1 Å². The maximum Gasteiger partial charge on any atom is 0.255 e. The van der Waals surface area contributed by atoms with Gasteiger partial charge in [0.25, 0.3) is 11.8 Å². The van der Waals surface area contributed by atoms with Gasteiger partial charge in [0.15, 0.2) is 6.04 Å². The van der Waals surface area contributed by atoms with Crippen molar-refractivity contribution in [1.82, 2.24) is 15.1 Å². The maximum atomic E-state index is 14.3. The van der Waals surface area contributed by atoms with Gasteiger partial charge in [-0.25, -0.2) is 0 Å². The molecule has 1 atom stereocenters. The first-order valence-corrected chi connectivity index (χ1v) is 13.2. The molecule has 4 aromatic rings. The van der Waals surface area contributed by atoms with E-state index in [1.165, 1.54) is 4.90 Å². The number of carbonyl (C=O) groups excluding carboxylic acids is 3. The van der Waals surface area contributed by atoms with E-state index in [1.54, 1.807) is 4.90 Å². The van der Waals surface area contributed by atoms with E-state index in [9.17, 15) is 14.4 Å². The van der Waals surface area contributed by atoms with E-state index in [0.29, 0.717) is 13.1 Å². The number of rotatable bonds is 8. The maximum absolute atomic E-state index is 14.3. The van der Waals surface area contributed by atoms with Crippen LogP contribution in [0.15, 0.2) is 121 Å². The Labute approximate surface area is 228 Å². The molecule has 1 aliphatic rings. The SMILES string of the molecule is O=C(NCc1ccccc1)C1C(=O)N(Cc2ccccc2)CCN1C(=O)C(c1ccccc1)c1ccccc1. The molecule has 0 aromatic heterocycles. The molecule has 1 saturated heterocycles. The molecule has 6 heteroatoms. The molecule has 39 heavy (non-hydrogen) atoms. The summed E-state index contributed by atoms with van der Waals surface area (Å²) in [5.74, 6) is -1.75. The number of carbonyl (C=O) groups is 3. The fraction of sp³-hybridized carbons (Fsp3) is 0.182. The molecule has 1 N–H and O–H groups in total. The molecule has 196 valence electrons. The quantitative estimate of drug-likeness (QED) is 0.353. The number of nitrogens with zero attached hydrogens (tertiary/aromatic N) is 2. The Hall–Kier alpha value is -4.71. The zero-order chi connectivity index (χ0) is 27.0. The molecule has 0 radical (unpaired) electrons. The van der Waals surface area contributed by atoms with E-state index in [4.69, 9.17) is 0 Å². The molecule has 6 nitrogen and oxygen atoms in total. The van der Waals surface area contributed by atoms with E-state index < -0.39 is 17.9 Å². The summed E-state index contributed by atoms with van der Waals surface area (Å²) in [7, 11) is 0. The van der Waals surface area contributed by atoms with E-state index >= 15 is 0 Å². The molecule has 3 amide bonds. The average molecular weight is 518 g/mol. The average Bonchev–Trinajstić information content (AvgIpc) is 2.99. The second-order valence-electron chi connectivity index (χ2n) is 9.64. The highest BCUT2D eigenvalue weighted by Crippen LogP contribution is 2.29. The standard InChI is InChI=1S/C33H31N3O3/c37-31(34-23-25-13-5-1-6-14-25)30-33(39)35(24-26-15-7-2-8-16-26)21-22-36(30)32(38)29(27-17-9-3-10-18-27)28-19-11-4-12-20-28/h1-20,29-30H,21-24H2,(H,34,37). The summed E-state index contributed by atoms with van der Waals surface area (Å²) in [4.78, 5) is 44.9. The fourth-order valence-corrected chi connectivity index (χ4v) is 5.04. The normalized spacial score (nSPS) is 15.3. The van der Waals surface area contributed by atoms with Gasteiger partial charge in [0.2, 0.25) is 5.91 Å². The van der Waals surface area contributed by atoms with Crippen LogP contribution in [0.1, 0.15) is 28.2 Å². The van der Waals surface area contributed by atoms with Crippen LogP contribution in [0.3, 0.4) is 0 Å². The molecule has 0 aliphatic carbocycles. The van der Waals surface area contributed by atoms with Gasteiger partial charge in [-0.2, -0.15) is 0 Å². The van der Waals surface area contributed by atoms with Gasteiger partial charge in [-0.3, -0.25) is 14.4 Å². The van der Waals surface area contributed by atoms with Crippen LogP contribution in [-0.4, -0.2) is 46.7 Å². The van der Waals surface area contributed by atoms with Crippen LogP contribution >= 0.6 is 0 Å². The van der Waals surface area contributed by atoms with Crippen molar-refractivity contribution in [2.24, 2.45) is 0 Å². The third-order valence-electron chi connectivity index (χ3n) is 7.04. The second-order valence-corrected chi connectivity index (χ2v) is 9.64. The van der Waals surface area contributed by atoms with Gasteiger partial charge in [0.1, 0.15) is 0 Å². The van der Waals surface area contributed by atoms with Crippen LogP contribution in [0.2, 0.25) is 0 Å². The highest BCUT2D eigenvalue weighted by molar-refractivity contribution is 6.08. The fourth-order valence-electron chi connectivity index (χ4n) is 5.04. The monoisotopic (exact) mass is 517 g/mol. The molecule has 1 heterocycles. The lowest BCUT2D eigenvalue weighted by molar-refractivity contribution is -0.157. The van der Waals surface area contributed by atoms with Crippen molar-refractivity contribution in [2.45, 2.75) is 25.0 Å². The van der Waals surface area contributed by atoms with Crippen LogP contribution in [0, 0.1) is 0 Å². The zero-order valence-corrected chi connectivity index (χ0v) is 21.6. The highest BCUT2D eigenvalue weighted by Gasteiger charge is 2.44. The van der Waals surface area contributed by atoms with E-state index in [-0.39, 0.29) is 24.9 Å². The summed E-state index contributed by atoms with van der Waals surface area (Å²) in [5, 5.41) is 2.91. The lowest BCUT2D eigenvalue weighted by Crippen LogP contribution is -2.64. The summed E-state index contributed by atoms with van der Waals surface area (Å²) in [6.07, 6.45) is 0. The topological polar surface area (TPSA) is 69.7 Å². The Balaban J connectivity index is 1.46. The molecule has 4 aromatic carbocycles. The molecule has 5 rings (SSSR count). The smallest absolute Gasteiger partial charge is 0.255 e. The summed E-state index contributed by atoms with van der Waals surface area (Å²) < 4.78 is 0. The third-order valence-corrected chi connectivity index (χ3v) is 7.04. The van der Waals surface area contributed by atoms with Crippen molar-refractivity contribution >= 4 is 17.7 Å². The van der Waals surface area contributed by atoms with Crippen LogP contribution in [0.5, 0.6) is 0 Å². The Morgan fingerprint density at radius 3 is 1.72 bits per heavy atom. The Morgan fingerprint density at radius 2 is 1.18 bits per heavy atom. The van der Waals surface area contributed by atoms with Crippen molar-refractivity contribution < 1.29 is 14.4 Å². The van der Waals surface area contributed by atoms with Crippen LogP contribution in [0.4, 0.5) is 0 Å². The van der Waals surface area contributed by atoms with Gasteiger partial charge in [-0.1, -0.05) is 121 Å². The number of amides is 3.